The Morgan fingerprint density at radius 3 is 2.61 bits per heavy atom. The lowest BCUT2D eigenvalue weighted by molar-refractivity contribution is 0.419. The maximum atomic E-state index is 13.4. The maximum absolute atomic E-state index is 13.4. The van der Waals surface area contributed by atoms with E-state index in [1.54, 1.807) is 37.4 Å². The normalized spacial score (nSPS) is 11.6. The molecule has 0 unspecified atom stereocenters. The number of hydrogen-bond donors (Lipinski definition) is 0. The second-order valence-corrected chi connectivity index (χ2v) is 8.95. The number of ether oxygens (including phenoxy) is 1. The van der Waals surface area contributed by atoms with E-state index >= 15 is 0 Å². The fraction of sp³-hybridized carbons (Fsp3) is 0.0357. The van der Waals surface area contributed by atoms with Crippen molar-refractivity contribution in [2.75, 3.05) is 7.11 Å². The van der Waals surface area contributed by atoms with E-state index in [-0.39, 0.29) is 11.4 Å². The first-order chi connectivity index (χ1) is 17.7. The van der Waals surface area contributed by atoms with E-state index in [0.717, 1.165) is 15.4 Å². The Balaban J connectivity index is 1.44. The molecule has 6 aromatic rings. The minimum atomic E-state index is -0.315. The lowest BCUT2D eigenvalue weighted by atomic mass is 10.2. The van der Waals surface area contributed by atoms with Crippen molar-refractivity contribution in [3.63, 3.8) is 0 Å². The Morgan fingerprint density at radius 2 is 1.75 bits per heavy atom. The van der Waals surface area contributed by atoms with Crippen LogP contribution in [0.4, 0.5) is 0 Å². The second kappa shape index (κ2) is 9.24. The van der Waals surface area contributed by atoms with Crippen LogP contribution in [0, 0.1) is 0 Å². The molecule has 0 amide bonds. The van der Waals surface area contributed by atoms with Gasteiger partial charge in [0.05, 0.1) is 29.6 Å². The maximum Gasteiger partial charge on any atom is 0.282 e. The zero-order valence-electron chi connectivity index (χ0n) is 19.1. The largest absolute Gasteiger partial charge is 0.496 e. The Bertz CT molecular complexity index is 1780. The molecule has 176 valence electrons. The van der Waals surface area contributed by atoms with Crippen LogP contribution in [-0.2, 0) is 0 Å². The number of nitrogens with zero attached hydrogens (tertiary/aromatic N) is 3. The van der Waals surface area contributed by atoms with Crippen molar-refractivity contribution in [1.82, 2.24) is 9.66 Å². The molecule has 3 aromatic heterocycles. The lowest BCUT2D eigenvalue weighted by Crippen LogP contribution is -2.20. The van der Waals surface area contributed by atoms with E-state index < -0.39 is 0 Å². The van der Waals surface area contributed by atoms with E-state index in [1.807, 2.05) is 60.7 Å². The van der Waals surface area contributed by atoms with Gasteiger partial charge in [-0.2, -0.15) is 9.78 Å². The summed E-state index contributed by atoms with van der Waals surface area (Å²) in [5, 5.41) is 6.41. The molecule has 0 aliphatic rings. The summed E-state index contributed by atoms with van der Waals surface area (Å²) in [4.78, 5) is 19.2. The van der Waals surface area contributed by atoms with Crippen molar-refractivity contribution < 1.29 is 13.6 Å². The van der Waals surface area contributed by atoms with Crippen LogP contribution < -0.4 is 10.3 Å². The van der Waals surface area contributed by atoms with Gasteiger partial charge in [-0.25, -0.2) is 4.98 Å². The summed E-state index contributed by atoms with van der Waals surface area (Å²) in [6.45, 7) is 0. The minimum absolute atomic E-state index is 0.277. The number of aromatic nitrogens is 2. The molecule has 7 nitrogen and oxygen atoms in total. The molecule has 0 aliphatic carbocycles. The number of methoxy groups -OCH3 is 1. The van der Waals surface area contributed by atoms with Gasteiger partial charge in [-0.05, 0) is 54.6 Å². The molecule has 36 heavy (non-hydrogen) atoms. The predicted octanol–water partition coefficient (Wildman–Crippen LogP) is 6.44. The van der Waals surface area contributed by atoms with Crippen molar-refractivity contribution in [3.05, 3.63) is 107 Å². The van der Waals surface area contributed by atoms with Gasteiger partial charge in [0, 0.05) is 4.90 Å². The lowest BCUT2D eigenvalue weighted by Gasteiger charge is -2.06. The summed E-state index contributed by atoms with van der Waals surface area (Å²) in [6.07, 6.45) is 1.50. The first kappa shape index (κ1) is 21.9. The molecule has 0 saturated carbocycles. The number of hydrogen-bond acceptors (Lipinski definition) is 7. The van der Waals surface area contributed by atoms with Gasteiger partial charge < -0.3 is 13.6 Å². The third-order valence-corrected chi connectivity index (χ3v) is 6.51. The SMILES string of the molecule is COc1cccc2oc(-c3nc4ccccc4c(=O)n3N=Cc3ccc(Sc4ccccc4)o3)cc12. The molecule has 3 heterocycles. The van der Waals surface area contributed by atoms with Gasteiger partial charge >= 0.3 is 0 Å². The van der Waals surface area contributed by atoms with E-state index in [9.17, 15) is 4.79 Å². The van der Waals surface area contributed by atoms with Gasteiger partial charge in [0.2, 0.25) is 5.82 Å². The molecular weight excluding hydrogens is 474 g/mol. The summed E-state index contributed by atoms with van der Waals surface area (Å²) in [7, 11) is 1.60. The summed E-state index contributed by atoms with van der Waals surface area (Å²) in [5.74, 6) is 1.85. The molecule has 0 fully saturated rings. The molecule has 8 heteroatoms. The Morgan fingerprint density at radius 1 is 0.917 bits per heavy atom. The monoisotopic (exact) mass is 493 g/mol. The zero-order valence-corrected chi connectivity index (χ0v) is 19.9. The Kier molecular flexibility index (Phi) is 5.63. The number of benzene rings is 3. The van der Waals surface area contributed by atoms with Crippen LogP contribution in [0.5, 0.6) is 5.75 Å². The van der Waals surface area contributed by atoms with Gasteiger partial charge in [-0.3, -0.25) is 4.79 Å². The van der Waals surface area contributed by atoms with Crippen LogP contribution in [0.2, 0.25) is 0 Å². The Labute approximate surface area is 209 Å². The zero-order chi connectivity index (χ0) is 24.5. The van der Waals surface area contributed by atoms with Crippen molar-refractivity contribution in [3.8, 4) is 17.3 Å². The number of rotatable bonds is 6. The third kappa shape index (κ3) is 4.08. The van der Waals surface area contributed by atoms with Crippen LogP contribution >= 0.6 is 11.8 Å². The average molecular weight is 494 g/mol. The van der Waals surface area contributed by atoms with Gasteiger partial charge in [0.1, 0.15) is 17.1 Å². The fourth-order valence-corrected chi connectivity index (χ4v) is 4.69. The highest BCUT2D eigenvalue weighted by molar-refractivity contribution is 7.99. The van der Waals surface area contributed by atoms with E-state index in [1.165, 1.54) is 22.7 Å². The number of furan rings is 2. The van der Waals surface area contributed by atoms with E-state index in [2.05, 4.69) is 5.10 Å². The van der Waals surface area contributed by atoms with Crippen LogP contribution in [0.1, 0.15) is 5.76 Å². The molecule has 0 atom stereocenters. The van der Waals surface area contributed by atoms with Crippen LogP contribution in [-0.4, -0.2) is 23.0 Å². The third-order valence-electron chi connectivity index (χ3n) is 5.58. The summed E-state index contributed by atoms with van der Waals surface area (Å²) < 4.78 is 18.7. The molecule has 3 aromatic carbocycles. The van der Waals surface area contributed by atoms with E-state index in [0.29, 0.717) is 33.8 Å². The number of para-hydroxylation sites is 1. The summed E-state index contributed by atoms with van der Waals surface area (Å²) in [5.41, 5.74) is 0.858. The number of fused-ring (bicyclic) bond motifs is 2. The molecule has 6 rings (SSSR count). The molecule has 0 radical (unpaired) electrons. The summed E-state index contributed by atoms with van der Waals surface area (Å²) >= 11 is 1.50. The molecule has 0 bridgehead atoms. The van der Waals surface area contributed by atoms with Gasteiger partial charge in [0.15, 0.2) is 10.9 Å². The van der Waals surface area contributed by atoms with Crippen LogP contribution in [0.25, 0.3) is 33.5 Å². The fourth-order valence-electron chi connectivity index (χ4n) is 3.89. The highest BCUT2D eigenvalue weighted by Gasteiger charge is 2.18. The Hall–Kier alpha value is -4.56. The molecule has 0 spiro atoms. The van der Waals surface area contributed by atoms with Crippen molar-refractivity contribution in [2.45, 2.75) is 9.99 Å². The van der Waals surface area contributed by atoms with Gasteiger partial charge in [-0.15, -0.1) is 0 Å². The van der Waals surface area contributed by atoms with Crippen molar-refractivity contribution in [1.29, 1.82) is 0 Å². The standard InChI is InChI=1S/C28H19N3O4S/c1-33-23-12-7-13-24-21(23)16-25(35-24)27-30-22-11-6-5-10-20(22)28(32)31(27)29-17-18-14-15-26(34-18)36-19-8-3-2-4-9-19/h2-17H,1H3. The molecule has 0 aliphatic heterocycles. The molecule has 0 saturated heterocycles. The topological polar surface area (TPSA) is 82.8 Å². The van der Waals surface area contributed by atoms with E-state index in [4.69, 9.17) is 18.6 Å². The summed E-state index contributed by atoms with van der Waals surface area (Å²) in [6, 6.07) is 28.1. The average Bonchev–Trinajstić information content (AvgIpc) is 3.55. The van der Waals surface area contributed by atoms with Crippen molar-refractivity contribution >= 4 is 39.8 Å². The predicted molar refractivity (Wildman–Crippen MR) is 140 cm³/mol. The highest BCUT2D eigenvalue weighted by atomic mass is 32.2. The first-order valence-corrected chi connectivity index (χ1v) is 12.0. The quantitative estimate of drug-likeness (QED) is 0.248. The first-order valence-electron chi connectivity index (χ1n) is 11.2. The smallest absolute Gasteiger partial charge is 0.282 e. The van der Waals surface area contributed by atoms with Crippen LogP contribution in [0.15, 0.2) is 120 Å². The van der Waals surface area contributed by atoms with Crippen LogP contribution in [0.3, 0.4) is 0 Å². The second-order valence-electron chi connectivity index (χ2n) is 7.87. The van der Waals surface area contributed by atoms with Gasteiger partial charge in [-0.1, -0.05) is 48.2 Å². The minimum Gasteiger partial charge on any atom is -0.496 e. The molecule has 0 N–H and O–H groups in total. The highest BCUT2D eigenvalue weighted by Crippen LogP contribution is 2.33. The van der Waals surface area contributed by atoms with Gasteiger partial charge in [0.25, 0.3) is 5.56 Å². The van der Waals surface area contributed by atoms with Crippen molar-refractivity contribution in [2.24, 2.45) is 5.10 Å². The molecular formula is C28H19N3O4S.